The molecule has 0 heterocycles. The van der Waals surface area contributed by atoms with Crippen molar-refractivity contribution in [2.24, 2.45) is 0 Å². The number of Topliss-reactive ketones (excluding diaryl/α,β-unsaturated/α-hetero) is 1. The van der Waals surface area contributed by atoms with Crippen LogP contribution in [0, 0.1) is 0 Å². The van der Waals surface area contributed by atoms with Gasteiger partial charge in [0.2, 0.25) is 0 Å². The van der Waals surface area contributed by atoms with Gasteiger partial charge in [-0.25, -0.2) is 9.59 Å². The summed E-state index contributed by atoms with van der Waals surface area (Å²) >= 11 is 0. The first-order valence-electron chi connectivity index (χ1n) is 8.41. The summed E-state index contributed by atoms with van der Waals surface area (Å²) < 4.78 is 5.19. The van der Waals surface area contributed by atoms with E-state index in [1.54, 1.807) is 69.3 Å². The van der Waals surface area contributed by atoms with Crippen LogP contribution in [0.15, 0.2) is 48.5 Å². The highest BCUT2D eigenvalue weighted by Gasteiger charge is 2.16. The van der Waals surface area contributed by atoms with Gasteiger partial charge in [-0.05, 0) is 70.2 Å². The number of ether oxygens (including phenoxy) is 1. The van der Waals surface area contributed by atoms with E-state index in [0.29, 0.717) is 22.6 Å². The molecule has 7 nitrogen and oxygen atoms in total. The molecule has 0 fully saturated rings. The summed E-state index contributed by atoms with van der Waals surface area (Å²) in [7, 11) is 0. The Morgan fingerprint density at radius 3 is 1.93 bits per heavy atom. The molecule has 0 aliphatic heterocycles. The molecule has 3 N–H and O–H groups in total. The van der Waals surface area contributed by atoms with Crippen molar-refractivity contribution in [1.29, 1.82) is 0 Å². The number of urea groups is 1. The van der Waals surface area contributed by atoms with E-state index in [1.807, 2.05) is 0 Å². The number of carbonyl (C=O) groups is 3. The van der Waals surface area contributed by atoms with Gasteiger partial charge in [0.15, 0.2) is 5.78 Å². The van der Waals surface area contributed by atoms with Gasteiger partial charge in [-0.15, -0.1) is 0 Å². The summed E-state index contributed by atoms with van der Waals surface area (Å²) in [5, 5.41) is 7.97. The van der Waals surface area contributed by atoms with E-state index in [0.717, 1.165) is 0 Å². The van der Waals surface area contributed by atoms with Crippen LogP contribution in [0.5, 0.6) is 0 Å². The topological polar surface area (TPSA) is 96.5 Å². The summed E-state index contributed by atoms with van der Waals surface area (Å²) in [6.07, 6.45) is -0.574. The maximum Gasteiger partial charge on any atom is 0.412 e. The van der Waals surface area contributed by atoms with Crippen molar-refractivity contribution in [3.63, 3.8) is 0 Å². The van der Waals surface area contributed by atoms with Gasteiger partial charge >= 0.3 is 12.1 Å². The zero-order chi connectivity index (χ0) is 20.0. The Balaban J connectivity index is 1.95. The third kappa shape index (κ3) is 6.81. The molecule has 0 aliphatic carbocycles. The lowest BCUT2D eigenvalue weighted by Gasteiger charge is -2.19. The number of anilines is 3. The fourth-order valence-electron chi connectivity index (χ4n) is 2.18. The van der Waals surface area contributed by atoms with E-state index < -0.39 is 17.7 Å². The summed E-state index contributed by atoms with van der Waals surface area (Å²) in [6, 6.07) is 12.8. The number of nitrogens with one attached hydrogen (secondary N) is 3. The molecule has 7 heteroatoms. The maximum absolute atomic E-state index is 12.1. The Kier molecular flexibility index (Phi) is 6.18. The van der Waals surface area contributed by atoms with Crippen LogP contribution in [0.25, 0.3) is 0 Å². The molecular formula is C20H23N3O4. The number of amides is 3. The smallest absolute Gasteiger partial charge is 0.412 e. The molecule has 0 unspecified atom stereocenters. The van der Waals surface area contributed by atoms with Crippen LogP contribution in [0.2, 0.25) is 0 Å². The highest BCUT2D eigenvalue weighted by molar-refractivity contribution is 6.01. The van der Waals surface area contributed by atoms with E-state index in [1.165, 1.54) is 6.92 Å². The SMILES string of the molecule is CC(=O)c1ccc(NC(=O)Nc2cccc(NC(=O)OC(C)(C)C)c2)cc1. The van der Waals surface area contributed by atoms with Crippen molar-refractivity contribution in [3.05, 3.63) is 54.1 Å². The third-order valence-electron chi connectivity index (χ3n) is 3.32. The van der Waals surface area contributed by atoms with E-state index >= 15 is 0 Å². The molecule has 0 spiro atoms. The second-order valence-corrected chi connectivity index (χ2v) is 6.92. The van der Waals surface area contributed by atoms with Gasteiger partial charge in [0.05, 0.1) is 0 Å². The Hall–Kier alpha value is -3.35. The van der Waals surface area contributed by atoms with Crippen molar-refractivity contribution >= 4 is 35.0 Å². The standard InChI is InChI=1S/C20H23N3O4/c1-13(24)14-8-10-15(11-9-14)21-18(25)22-16-6-5-7-17(12-16)23-19(26)27-20(2,3)4/h5-12H,1-4H3,(H,23,26)(H2,21,22,25). The summed E-state index contributed by atoms with van der Waals surface area (Å²) in [4.78, 5) is 35.2. The van der Waals surface area contributed by atoms with Gasteiger partial charge in [0.1, 0.15) is 5.60 Å². The largest absolute Gasteiger partial charge is 0.444 e. The Morgan fingerprint density at radius 1 is 0.815 bits per heavy atom. The molecule has 0 atom stereocenters. The highest BCUT2D eigenvalue weighted by atomic mass is 16.6. The lowest BCUT2D eigenvalue weighted by atomic mass is 10.1. The molecule has 0 aliphatic rings. The van der Waals surface area contributed by atoms with Crippen LogP contribution in [0.4, 0.5) is 26.7 Å². The molecular weight excluding hydrogens is 346 g/mol. The summed E-state index contributed by atoms with van der Waals surface area (Å²) in [5.41, 5.74) is 1.52. The van der Waals surface area contributed by atoms with Crippen molar-refractivity contribution in [2.45, 2.75) is 33.3 Å². The molecule has 2 aromatic carbocycles. The zero-order valence-corrected chi connectivity index (χ0v) is 15.8. The van der Waals surface area contributed by atoms with Gasteiger partial charge in [-0.1, -0.05) is 6.07 Å². The zero-order valence-electron chi connectivity index (χ0n) is 15.8. The lowest BCUT2D eigenvalue weighted by molar-refractivity contribution is 0.0635. The van der Waals surface area contributed by atoms with Crippen LogP contribution < -0.4 is 16.0 Å². The van der Waals surface area contributed by atoms with Gasteiger partial charge in [0, 0.05) is 22.6 Å². The first-order valence-corrected chi connectivity index (χ1v) is 8.41. The fraction of sp³-hybridized carbons (Fsp3) is 0.250. The number of carbonyl (C=O) groups excluding carboxylic acids is 3. The van der Waals surface area contributed by atoms with Gasteiger partial charge < -0.3 is 15.4 Å². The molecule has 0 bridgehead atoms. The lowest BCUT2D eigenvalue weighted by Crippen LogP contribution is -2.27. The Bertz CT molecular complexity index is 839. The van der Waals surface area contributed by atoms with Crippen LogP contribution in [-0.4, -0.2) is 23.5 Å². The molecule has 27 heavy (non-hydrogen) atoms. The highest BCUT2D eigenvalue weighted by Crippen LogP contribution is 2.17. The molecule has 0 saturated heterocycles. The first-order chi connectivity index (χ1) is 12.6. The number of benzene rings is 2. The van der Waals surface area contributed by atoms with E-state index in [9.17, 15) is 14.4 Å². The average Bonchev–Trinajstić information content (AvgIpc) is 2.53. The van der Waals surface area contributed by atoms with E-state index in [4.69, 9.17) is 4.74 Å². The third-order valence-corrected chi connectivity index (χ3v) is 3.32. The van der Waals surface area contributed by atoms with Gasteiger partial charge in [0.25, 0.3) is 0 Å². The predicted octanol–water partition coefficient (Wildman–Crippen LogP) is 4.88. The molecule has 0 radical (unpaired) electrons. The Labute approximate surface area is 158 Å². The summed E-state index contributed by atoms with van der Waals surface area (Å²) in [5.74, 6) is -0.0414. The van der Waals surface area contributed by atoms with E-state index in [-0.39, 0.29) is 5.78 Å². The van der Waals surface area contributed by atoms with Crippen molar-refractivity contribution in [2.75, 3.05) is 16.0 Å². The van der Waals surface area contributed by atoms with Gasteiger partial charge in [-0.3, -0.25) is 10.1 Å². The minimum atomic E-state index is -0.599. The fourth-order valence-corrected chi connectivity index (χ4v) is 2.18. The number of hydrogen-bond donors (Lipinski definition) is 3. The van der Waals surface area contributed by atoms with Crippen LogP contribution >= 0.6 is 0 Å². The number of hydrogen-bond acceptors (Lipinski definition) is 4. The minimum Gasteiger partial charge on any atom is -0.444 e. The van der Waals surface area contributed by atoms with Crippen molar-refractivity contribution < 1.29 is 19.1 Å². The predicted molar refractivity (Wildman–Crippen MR) is 105 cm³/mol. The van der Waals surface area contributed by atoms with Crippen molar-refractivity contribution in [1.82, 2.24) is 0 Å². The molecule has 2 aromatic rings. The van der Waals surface area contributed by atoms with E-state index in [2.05, 4.69) is 16.0 Å². The maximum atomic E-state index is 12.1. The number of ketones is 1. The van der Waals surface area contributed by atoms with Crippen LogP contribution in [0.1, 0.15) is 38.1 Å². The molecule has 3 amide bonds. The molecule has 142 valence electrons. The minimum absolute atomic E-state index is 0.0414. The van der Waals surface area contributed by atoms with Crippen LogP contribution in [0.3, 0.4) is 0 Å². The van der Waals surface area contributed by atoms with Crippen molar-refractivity contribution in [3.8, 4) is 0 Å². The second-order valence-electron chi connectivity index (χ2n) is 6.92. The number of rotatable bonds is 4. The van der Waals surface area contributed by atoms with Gasteiger partial charge in [-0.2, -0.15) is 0 Å². The normalized spacial score (nSPS) is 10.7. The van der Waals surface area contributed by atoms with Crippen LogP contribution in [-0.2, 0) is 4.74 Å². The Morgan fingerprint density at radius 2 is 1.37 bits per heavy atom. The summed E-state index contributed by atoms with van der Waals surface area (Å²) in [6.45, 7) is 6.81. The quantitative estimate of drug-likeness (QED) is 0.669. The molecule has 2 rings (SSSR count). The monoisotopic (exact) mass is 369 g/mol. The molecule has 0 saturated carbocycles. The first kappa shape index (κ1) is 20.0. The second kappa shape index (κ2) is 8.35. The average molecular weight is 369 g/mol. The molecule has 0 aromatic heterocycles.